The fourth-order valence-electron chi connectivity index (χ4n) is 4.70. The molecule has 0 spiro atoms. The average molecular weight is 451 g/mol. The molecule has 1 aromatic heterocycles. The Kier molecular flexibility index (Phi) is 6.28. The van der Waals surface area contributed by atoms with E-state index in [9.17, 15) is 14.7 Å². The summed E-state index contributed by atoms with van der Waals surface area (Å²) in [5, 5.41) is 10.5. The van der Waals surface area contributed by atoms with Crippen molar-refractivity contribution in [1.29, 1.82) is 0 Å². The number of nitrogens with zero attached hydrogens (tertiary/aromatic N) is 1. The fraction of sp³-hybridized carbons (Fsp3) is 0.385. The first-order valence-corrected chi connectivity index (χ1v) is 11.2. The molecule has 1 fully saturated rings. The third kappa shape index (κ3) is 4.79. The molecule has 4 rings (SSSR count). The Morgan fingerprint density at radius 3 is 2.45 bits per heavy atom. The van der Waals surface area contributed by atoms with Gasteiger partial charge in [0.2, 0.25) is 0 Å². The number of benzene rings is 2. The van der Waals surface area contributed by atoms with Crippen molar-refractivity contribution in [2.24, 2.45) is 5.73 Å². The van der Waals surface area contributed by atoms with Gasteiger partial charge in [-0.15, -0.1) is 0 Å². The molecule has 0 bridgehead atoms. The minimum Gasteiger partial charge on any atom is -0.480 e. The number of ether oxygens (including phenoxy) is 1. The summed E-state index contributed by atoms with van der Waals surface area (Å²) >= 11 is 0. The van der Waals surface area contributed by atoms with E-state index < -0.39 is 16.9 Å². The van der Waals surface area contributed by atoms with Crippen LogP contribution in [0.2, 0.25) is 0 Å². The zero-order valence-corrected chi connectivity index (χ0v) is 19.0. The first kappa shape index (κ1) is 23.0. The summed E-state index contributed by atoms with van der Waals surface area (Å²) in [7, 11) is 0. The second kappa shape index (κ2) is 9.00. The van der Waals surface area contributed by atoms with Crippen molar-refractivity contribution in [3.05, 3.63) is 75.9 Å². The van der Waals surface area contributed by atoms with Gasteiger partial charge in [-0.2, -0.15) is 0 Å². The number of nitrogens with two attached hydrogens (primary N) is 1. The van der Waals surface area contributed by atoms with E-state index >= 15 is 0 Å². The standard InChI is InChI=1S/C26H30N2O5/c1-25(2,17-26(27,24(30)31)16-18-7-4-3-5-8-18)20-10-6-9-19-21(29)15-22(33-23(19)20)28-11-13-32-14-12-28/h3-10,15H,11-14,16-17,27H2,1-2H3,(H,30,31). The van der Waals surface area contributed by atoms with Gasteiger partial charge < -0.3 is 24.9 Å². The summed E-state index contributed by atoms with van der Waals surface area (Å²) in [5.74, 6) is -0.560. The summed E-state index contributed by atoms with van der Waals surface area (Å²) in [6, 6.07) is 16.3. The smallest absolute Gasteiger partial charge is 0.324 e. The number of para-hydroxylation sites is 1. The van der Waals surface area contributed by atoms with Crippen LogP contribution < -0.4 is 16.1 Å². The number of fused-ring (bicyclic) bond motifs is 1. The van der Waals surface area contributed by atoms with Gasteiger partial charge in [0.05, 0.1) is 18.6 Å². The number of carboxylic acids is 1. The zero-order chi connectivity index (χ0) is 23.6. The number of morpholine rings is 1. The van der Waals surface area contributed by atoms with Crippen LogP contribution >= 0.6 is 0 Å². The minimum atomic E-state index is -1.49. The lowest BCUT2D eigenvalue weighted by Crippen LogP contribution is -2.53. The van der Waals surface area contributed by atoms with E-state index in [1.807, 2.05) is 55.1 Å². The van der Waals surface area contributed by atoms with E-state index in [-0.39, 0.29) is 18.3 Å². The van der Waals surface area contributed by atoms with Gasteiger partial charge in [0.1, 0.15) is 11.1 Å². The first-order valence-electron chi connectivity index (χ1n) is 11.2. The molecule has 174 valence electrons. The van der Waals surface area contributed by atoms with Crippen LogP contribution in [0.1, 0.15) is 31.4 Å². The Bertz CT molecular complexity index is 1200. The SMILES string of the molecule is CC(C)(CC(N)(Cc1ccccc1)C(=O)O)c1cccc2c(=O)cc(N3CCOCC3)oc12. The van der Waals surface area contributed by atoms with E-state index in [1.165, 1.54) is 6.07 Å². The maximum absolute atomic E-state index is 12.9. The molecule has 0 amide bonds. The molecule has 3 aromatic rings. The van der Waals surface area contributed by atoms with Crippen molar-refractivity contribution in [1.82, 2.24) is 0 Å². The van der Waals surface area contributed by atoms with Crippen LogP contribution in [0.4, 0.5) is 5.88 Å². The predicted molar refractivity (Wildman–Crippen MR) is 128 cm³/mol. The van der Waals surface area contributed by atoms with Crippen molar-refractivity contribution < 1.29 is 19.1 Å². The molecule has 3 N–H and O–H groups in total. The molecule has 1 aliphatic heterocycles. The predicted octanol–water partition coefficient (Wildman–Crippen LogP) is 3.32. The number of aliphatic carboxylic acids is 1. The van der Waals surface area contributed by atoms with Crippen LogP contribution in [0.3, 0.4) is 0 Å². The molecule has 7 nitrogen and oxygen atoms in total. The lowest BCUT2D eigenvalue weighted by molar-refractivity contribution is -0.144. The van der Waals surface area contributed by atoms with E-state index in [0.717, 1.165) is 11.1 Å². The van der Waals surface area contributed by atoms with E-state index in [0.29, 0.717) is 43.2 Å². The third-order valence-corrected chi connectivity index (χ3v) is 6.34. The Morgan fingerprint density at radius 1 is 1.09 bits per heavy atom. The molecule has 2 heterocycles. The van der Waals surface area contributed by atoms with Crippen molar-refractivity contribution in [3.8, 4) is 0 Å². The first-order chi connectivity index (χ1) is 15.7. The highest BCUT2D eigenvalue weighted by Crippen LogP contribution is 2.37. The van der Waals surface area contributed by atoms with Gasteiger partial charge in [-0.3, -0.25) is 9.59 Å². The van der Waals surface area contributed by atoms with Crippen molar-refractivity contribution >= 4 is 22.8 Å². The van der Waals surface area contributed by atoms with Gasteiger partial charge in [-0.1, -0.05) is 56.3 Å². The number of carbonyl (C=O) groups is 1. The molecule has 2 aromatic carbocycles. The van der Waals surface area contributed by atoms with Gasteiger partial charge in [-0.25, -0.2) is 0 Å². The monoisotopic (exact) mass is 450 g/mol. The van der Waals surface area contributed by atoms with Crippen LogP contribution in [0.15, 0.2) is 63.8 Å². The minimum absolute atomic E-state index is 0.128. The molecular formula is C26H30N2O5. The molecule has 0 radical (unpaired) electrons. The molecule has 7 heteroatoms. The number of hydrogen-bond acceptors (Lipinski definition) is 6. The number of rotatable bonds is 7. The summed E-state index contributed by atoms with van der Waals surface area (Å²) in [5.41, 5.74) is 6.30. The third-order valence-electron chi connectivity index (χ3n) is 6.34. The Morgan fingerprint density at radius 2 is 1.79 bits per heavy atom. The number of hydrogen-bond donors (Lipinski definition) is 2. The van der Waals surface area contributed by atoms with E-state index in [1.54, 1.807) is 12.1 Å². The van der Waals surface area contributed by atoms with E-state index in [4.69, 9.17) is 14.9 Å². The second-order valence-corrected chi connectivity index (χ2v) is 9.41. The summed E-state index contributed by atoms with van der Waals surface area (Å²) in [6.07, 6.45) is 0.356. The lowest BCUT2D eigenvalue weighted by Gasteiger charge is -2.35. The van der Waals surface area contributed by atoms with Gasteiger partial charge in [-0.05, 0) is 23.5 Å². The molecular weight excluding hydrogens is 420 g/mol. The largest absolute Gasteiger partial charge is 0.480 e. The zero-order valence-electron chi connectivity index (χ0n) is 19.0. The summed E-state index contributed by atoms with van der Waals surface area (Å²) < 4.78 is 11.7. The highest BCUT2D eigenvalue weighted by atomic mass is 16.5. The maximum Gasteiger partial charge on any atom is 0.324 e. The molecule has 0 saturated carbocycles. The highest BCUT2D eigenvalue weighted by molar-refractivity contribution is 5.83. The number of carboxylic acid groups (broad SMARTS) is 1. The van der Waals surface area contributed by atoms with Gasteiger partial charge >= 0.3 is 5.97 Å². The van der Waals surface area contributed by atoms with Crippen LogP contribution in [0.25, 0.3) is 11.0 Å². The van der Waals surface area contributed by atoms with E-state index in [2.05, 4.69) is 0 Å². The number of anilines is 1. The molecule has 33 heavy (non-hydrogen) atoms. The van der Waals surface area contributed by atoms with Crippen LogP contribution in [0, 0.1) is 0 Å². The lowest BCUT2D eigenvalue weighted by atomic mass is 9.72. The average Bonchev–Trinajstić information content (AvgIpc) is 2.79. The van der Waals surface area contributed by atoms with Crippen LogP contribution in [-0.4, -0.2) is 42.9 Å². The van der Waals surface area contributed by atoms with Gasteiger partial charge in [0.25, 0.3) is 0 Å². The fourth-order valence-corrected chi connectivity index (χ4v) is 4.70. The molecule has 1 aliphatic rings. The summed E-state index contributed by atoms with van der Waals surface area (Å²) in [4.78, 5) is 27.2. The second-order valence-electron chi connectivity index (χ2n) is 9.41. The molecule has 1 unspecified atom stereocenters. The Labute approximate surface area is 192 Å². The normalized spacial score (nSPS) is 16.5. The quantitative estimate of drug-likeness (QED) is 0.569. The van der Waals surface area contributed by atoms with Crippen molar-refractivity contribution in [3.63, 3.8) is 0 Å². The Balaban J connectivity index is 1.75. The van der Waals surface area contributed by atoms with Gasteiger partial charge in [0.15, 0.2) is 11.3 Å². The van der Waals surface area contributed by atoms with Crippen LogP contribution in [-0.2, 0) is 21.4 Å². The van der Waals surface area contributed by atoms with Gasteiger partial charge in [0, 0.05) is 31.1 Å². The molecule has 1 saturated heterocycles. The van der Waals surface area contributed by atoms with Crippen molar-refractivity contribution in [2.75, 3.05) is 31.2 Å². The maximum atomic E-state index is 12.9. The molecule has 0 aliphatic carbocycles. The molecule has 1 atom stereocenters. The Hall–Kier alpha value is -3.16. The van der Waals surface area contributed by atoms with Crippen LogP contribution in [0.5, 0.6) is 0 Å². The highest BCUT2D eigenvalue weighted by Gasteiger charge is 2.41. The van der Waals surface area contributed by atoms with Crippen molar-refractivity contribution in [2.45, 2.75) is 37.6 Å². The summed E-state index contributed by atoms with van der Waals surface area (Å²) in [6.45, 7) is 6.31. The topological polar surface area (TPSA) is 106 Å².